The van der Waals surface area contributed by atoms with E-state index in [4.69, 9.17) is 0 Å². The lowest BCUT2D eigenvalue weighted by molar-refractivity contribution is 0.530. The lowest BCUT2D eigenvalue weighted by Gasteiger charge is -2.26. The second-order valence-electron chi connectivity index (χ2n) is 5.54. The van der Waals surface area contributed by atoms with Crippen LogP contribution in [0.5, 0.6) is 0 Å². The van der Waals surface area contributed by atoms with Gasteiger partial charge < -0.3 is 9.88 Å². The zero-order valence-corrected chi connectivity index (χ0v) is 12.4. The molecule has 3 heteroatoms. The van der Waals surface area contributed by atoms with Gasteiger partial charge in [0, 0.05) is 12.7 Å². The topological polar surface area (TPSA) is 29.9 Å². The number of nitrogens with one attached hydrogen (secondary N) is 1. The van der Waals surface area contributed by atoms with Crippen LogP contribution in [-0.4, -0.2) is 16.1 Å². The molecule has 0 radical (unpaired) electrons. The van der Waals surface area contributed by atoms with Crippen LogP contribution in [0.15, 0.2) is 30.5 Å². The number of aryl methyl sites for hydroxylation is 2. The van der Waals surface area contributed by atoms with E-state index < -0.39 is 0 Å². The summed E-state index contributed by atoms with van der Waals surface area (Å²) in [6.07, 6.45) is 6.69. The normalized spacial score (nSPS) is 17.6. The SMILES string of the molecule is CCCc1ccc(C2CCNc3nc(CC)cn32)cc1. The maximum atomic E-state index is 4.64. The molecule has 0 bridgehead atoms. The number of aromatic nitrogens is 2. The van der Waals surface area contributed by atoms with E-state index in [1.54, 1.807) is 0 Å². The molecule has 3 nitrogen and oxygen atoms in total. The second-order valence-corrected chi connectivity index (χ2v) is 5.54. The second kappa shape index (κ2) is 5.70. The molecule has 1 aliphatic heterocycles. The predicted molar refractivity (Wildman–Crippen MR) is 83.3 cm³/mol. The molecule has 0 spiro atoms. The highest BCUT2D eigenvalue weighted by molar-refractivity contribution is 5.36. The zero-order valence-electron chi connectivity index (χ0n) is 12.4. The van der Waals surface area contributed by atoms with Crippen molar-refractivity contribution < 1.29 is 0 Å². The molecule has 106 valence electrons. The third-order valence-corrected chi connectivity index (χ3v) is 4.08. The standard InChI is InChI=1S/C17H23N3/c1-3-5-13-6-8-14(9-7-13)16-10-11-18-17-19-15(4-2)12-20(16)17/h6-9,12,16H,3-5,10-11H2,1-2H3,(H,18,19). The van der Waals surface area contributed by atoms with Gasteiger partial charge in [0.15, 0.2) is 0 Å². The van der Waals surface area contributed by atoms with Gasteiger partial charge in [0.05, 0.1) is 11.7 Å². The number of anilines is 1. The lowest BCUT2D eigenvalue weighted by atomic mass is 9.99. The molecule has 0 saturated heterocycles. The number of fused-ring (bicyclic) bond motifs is 1. The molecular formula is C17H23N3. The average Bonchev–Trinajstić information content (AvgIpc) is 2.91. The summed E-state index contributed by atoms with van der Waals surface area (Å²) in [6, 6.07) is 9.55. The Labute approximate surface area is 121 Å². The Balaban J connectivity index is 1.89. The first-order valence-electron chi connectivity index (χ1n) is 7.72. The van der Waals surface area contributed by atoms with Crippen LogP contribution in [-0.2, 0) is 12.8 Å². The minimum atomic E-state index is 0.426. The van der Waals surface area contributed by atoms with Crippen molar-refractivity contribution in [2.75, 3.05) is 11.9 Å². The maximum Gasteiger partial charge on any atom is 0.203 e. The fourth-order valence-corrected chi connectivity index (χ4v) is 2.97. The summed E-state index contributed by atoms with van der Waals surface area (Å²) in [5.41, 5.74) is 4.00. The smallest absolute Gasteiger partial charge is 0.203 e. The number of rotatable bonds is 4. The fraction of sp³-hybridized carbons (Fsp3) is 0.471. The summed E-state index contributed by atoms with van der Waals surface area (Å²) in [5, 5.41) is 3.40. The minimum absolute atomic E-state index is 0.426. The molecule has 0 saturated carbocycles. The van der Waals surface area contributed by atoms with Gasteiger partial charge in [-0.25, -0.2) is 4.98 Å². The van der Waals surface area contributed by atoms with Crippen molar-refractivity contribution >= 4 is 5.95 Å². The molecule has 1 aromatic carbocycles. The van der Waals surface area contributed by atoms with E-state index in [0.29, 0.717) is 6.04 Å². The van der Waals surface area contributed by atoms with Crippen LogP contribution >= 0.6 is 0 Å². The Morgan fingerprint density at radius 1 is 1.25 bits per heavy atom. The molecule has 3 rings (SSSR count). The van der Waals surface area contributed by atoms with E-state index in [2.05, 4.69) is 59.2 Å². The number of benzene rings is 1. The molecule has 0 amide bonds. The van der Waals surface area contributed by atoms with Gasteiger partial charge >= 0.3 is 0 Å². The van der Waals surface area contributed by atoms with Crippen molar-refractivity contribution in [3.8, 4) is 0 Å². The van der Waals surface area contributed by atoms with Crippen molar-refractivity contribution in [1.82, 2.24) is 9.55 Å². The molecule has 1 aliphatic rings. The Bertz CT molecular complexity index is 568. The van der Waals surface area contributed by atoms with E-state index in [-0.39, 0.29) is 0 Å². The fourth-order valence-electron chi connectivity index (χ4n) is 2.97. The van der Waals surface area contributed by atoms with E-state index >= 15 is 0 Å². The first-order valence-corrected chi connectivity index (χ1v) is 7.72. The minimum Gasteiger partial charge on any atom is -0.356 e. The van der Waals surface area contributed by atoms with Gasteiger partial charge in [-0.2, -0.15) is 0 Å². The summed E-state index contributed by atoms with van der Waals surface area (Å²) in [6.45, 7) is 5.38. The van der Waals surface area contributed by atoms with Gasteiger partial charge in [-0.1, -0.05) is 44.5 Å². The van der Waals surface area contributed by atoms with E-state index in [1.165, 1.54) is 29.7 Å². The van der Waals surface area contributed by atoms with Crippen LogP contribution in [0.25, 0.3) is 0 Å². The molecule has 20 heavy (non-hydrogen) atoms. The van der Waals surface area contributed by atoms with Gasteiger partial charge in [-0.05, 0) is 30.4 Å². The number of hydrogen-bond acceptors (Lipinski definition) is 2. The van der Waals surface area contributed by atoms with Crippen LogP contribution < -0.4 is 5.32 Å². The highest BCUT2D eigenvalue weighted by atomic mass is 15.2. The Morgan fingerprint density at radius 2 is 2.05 bits per heavy atom. The molecule has 1 N–H and O–H groups in total. The van der Waals surface area contributed by atoms with Crippen molar-refractivity contribution in [2.45, 2.75) is 45.6 Å². The highest BCUT2D eigenvalue weighted by Gasteiger charge is 2.22. The molecule has 2 heterocycles. The highest BCUT2D eigenvalue weighted by Crippen LogP contribution is 2.30. The van der Waals surface area contributed by atoms with Gasteiger partial charge in [0.1, 0.15) is 0 Å². The summed E-state index contributed by atoms with van der Waals surface area (Å²) in [7, 11) is 0. The van der Waals surface area contributed by atoms with Crippen LogP contribution in [0, 0.1) is 0 Å². The Morgan fingerprint density at radius 3 is 2.75 bits per heavy atom. The molecule has 2 aromatic rings. The number of hydrogen-bond donors (Lipinski definition) is 1. The zero-order chi connectivity index (χ0) is 13.9. The first-order chi connectivity index (χ1) is 9.81. The molecule has 1 atom stereocenters. The van der Waals surface area contributed by atoms with Gasteiger partial charge in [-0.15, -0.1) is 0 Å². The van der Waals surface area contributed by atoms with Crippen molar-refractivity contribution in [1.29, 1.82) is 0 Å². The van der Waals surface area contributed by atoms with Crippen molar-refractivity contribution in [3.63, 3.8) is 0 Å². The largest absolute Gasteiger partial charge is 0.356 e. The summed E-state index contributed by atoms with van der Waals surface area (Å²) in [5.74, 6) is 1.02. The summed E-state index contributed by atoms with van der Waals surface area (Å²) >= 11 is 0. The molecular weight excluding hydrogens is 246 g/mol. The van der Waals surface area contributed by atoms with Crippen molar-refractivity contribution in [2.24, 2.45) is 0 Å². The molecule has 1 unspecified atom stereocenters. The summed E-state index contributed by atoms with van der Waals surface area (Å²) < 4.78 is 2.30. The van der Waals surface area contributed by atoms with Crippen LogP contribution in [0.4, 0.5) is 5.95 Å². The van der Waals surface area contributed by atoms with Crippen LogP contribution in [0.2, 0.25) is 0 Å². The quantitative estimate of drug-likeness (QED) is 0.915. The average molecular weight is 269 g/mol. The van der Waals surface area contributed by atoms with Crippen LogP contribution in [0.1, 0.15) is 49.6 Å². The monoisotopic (exact) mass is 269 g/mol. The van der Waals surface area contributed by atoms with Crippen molar-refractivity contribution in [3.05, 3.63) is 47.3 Å². The third-order valence-electron chi connectivity index (χ3n) is 4.08. The van der Waals surface area contributed by atoms with Gasteiger partial charge in [0.2, 0.25) is 5.95 Å². The Kier molecular flexibility index (Phi) is 3.77. The van der Waals surface area contributed by atoms with E-state index in [9.17, 15) is 0 Å². The van der Waals surface area contributed by atoms with Gasteiger partial charge in [0.25, 0.3) is 0 Å². The summed E-state index contributed by atoms with van der Waals surface area (Å²) in [4.78, 5) is 4.64. The van der Waals surface area contributed by atoms with E-state index in [0.717, 1.165) is 25.3 Å². The molecule has 0 aliphatic carbocycles. The number of nitrogens with zero attached hydrogens (tertiary/aromatic N) is 2. The molecule has 0 fully saturated rings. The van der Waals surface area contributed by atoms with E-state index in [1.807, 2.05) is 0 Å². The van der Waals surface area contributed by atoms with Gasteiger partial charge in [-0.3, -0.25) is 0 Å². The predicted octanol–water partition coefficient (Wildman–Crippen LogP) is 3.80. The Hall–Kier alpha value is -1.77. The maximum absolute atomic E-state index is 4.64. The third kappa shape index (κ3) is 2.45. The molecule has 1 aromatic heterocycles. The first kappa shape index (κ1) is 13.2. The lowest BCUT2D eigenvalue weighted by Crippen LogP contribution is -2.23. The number of imidazole rings is 1. The van der Waals surface area contributed by atoms with Crippen LogP contribution in [0.3, 0.4) is 0 Å².